The van der Waals surface area contributed by atoms with Crippen LogP contribution in [0.2, 0.25) is 0 Å². The van der Waals surface area contributed by atoms with E-state index >= 15 is 0 Å². The van der Waals surface area contributed by atoms with Crippen LogP contribution in [0.1, 0.15) is 40.3 Å². The number of carbonyl (C=O) groups excluding carboxylic acids is 2. The van der Waals surface area contributed by atoms with Gasteiger partial charge in [0, 0.05) is 16.9 Å². The van der Waals surface area contributed by atoms with Crippen LogP contribution in [-0.2, 0) is 6.42 Å². The van der Waals surface area contributed by atoms with Crippen molar-refractivity contribution in [2.45, 2.75) is 20.3 Å². The number of hydrogen-bond acceptors (Lipinski definition) is 5. The van der Waals surface area contributed by atoms with Gasteiger partial charge in [-0.25, -0.2) is 0 Å². The Kier molecular flexibility index (Phi) is 5.56. The van der Waals surface area contributed by atoms with Gasteiger partial charge >= 0.3 is 0 Å². The van der Waals surface area contributed by atoms with Crippen molar-refractivity contribution in [2.24, 2.45) is 0 Å². The lowest BCUT2D eigenvalue weighted by Gasteiger charge is -2.07. The summed E-state index contributed by atoms with van der Waals surface area (Å²) in [6.45, 7) is 3.60. The Morgan fingerprint density at radius 2 is 1.52 bits per heavy atom. The number of nitrogens with zero attached hydrogens (tertiary/aromatic N) is 2. The highest BCUT2D eigenvalue weighted by molar-refractivity contribution is 6.03. The average Bonchev–Trinajstić information content (AvgIpc) is 2.69. The molecule has 0 bridgehead atoms. The molecule has 0 radical (unpaired) electrons. The lowest BCUT2D eigenvalue weighted by molar-refractivity contribution is 0.101. The molecule has 0 atom stereocenters. The first-order chi connectivity index (χ1) is 13.0. The third-order valence-corrected chi connectivity index (χ3v) is 4.08. The summed E-state index contributed by atoms with van der Waals surface area (Å²) >= 11 is 0. The van der Waals surface area contributed by atoms with Gasteiger partial charge in [0.25, 0.3) is 5.91 Å². The van der Waals surface area contributed by atoms with Gasteiger partial charge in [-0.05, 0) is 67.4 Å². The Bertz CT molecular complexity index is 933. The molecule has 0 aliphatic rings. The zero-order valence-corrected chi connectivity index (χ0v) is 15.2. The van der Waals surface area contributed by atoms with E-state index in [1.165, 1.54) is 12.5 Å². The molecule has 0 saturated carbocycles. The molecule has 0 unspecified atom stereocenters. The van der Waals surface area contributed by atoms with Crippen LogP contribution in [0, 0.1) is 0 Å². The second kappa shape index (κ2) is 8.23. The van der Waals surface area contributed by atoms with E-state index < -0.39 is 0 Å². The first-order valence-electron chi connectivity index (χ1n) is 8.67. The monoisotopic (exact) mass is 360 g/mol. The molecule has 1 heterocycles. The van der Waals surface area contributed by atoms with Crippen molar-refractivity contribution in [3.63, 3.8) is 0 Å². The number of amides is 1. The fourth-order valence-electron chi connectivity index (χ4n) is 2.48. The van der Waals surface area contributed by atoms with Crippen LogP contribution in [0.15, 0.2) is 60.7 Å². The summed E-state index contributed by atoms with van der Waals surface area (Å²) in [5.41, 5.74) is 3.55. The fourth-order valence-corrected chi connectivity index (χ4v) is 2.48. The van der Waals surface area contributed by atoms with E-state index in [0.29, 0.717) is 17.1 Å². The van der Waals surface area contributed by atoms with Crippen molar-refractivity contribution >= 4 is 28.9 Å². The zero-order valence-electron chi connectivity index (χ0n) is 15.2. The predicted molar refractivity (Wildman–Crippen MR) is 106 cm³/mol. The Labute approximate surface area is 157 Å². The van der Waals surface area contributed by atoms with Gasteiger partial charge in [0.2, 0.25) is 0 Å². The minimum absolute atomic E-state index is 0.0221. The van der Waals surface area contributed by atoms with Crippen molar-refractivity contribution in [1.29, 1.82) is 0 Å². The van der Waals surface area contributed by atoms with Gasteiger partial charge in [0.1, 0.15) is 0 Å². The second-order valence-electron chi connectivity index (χ2n) is 6.07. The number of hydrogen-bond donors (Lipinski definition) is 2. The molecule has 6 nitrogen and oxygen atoms in total. The molecule has 2 aromatic carbocycles. The largest absolute Gasteiger partial charge is 0.339 e. The summed E-state index contributed by atoms with van der Waals surface area (Å²) in [6.07, 6.45) is 0.987. The lowest BCUT2D eigenvalue weighted by Crippen LogP contribution is -2.14. The highest BCUT2D eigenvalue weighted by atomic mass is 16.2. The predicted octanol–water partition coefficient (Wildman–Crippen LogP) is 4.24. The van der Waals surface area contributed by atoms with Crippen molar-refractivity contribution in [3.05, 3.63) is 77.5 Å². The van der Waals surface area contributed by atoms with E-state index in [4.69, 9.17) is 0 Å². The SMILES string of the molecule is CCc1ccc(Nc2ccc(C(=O)Nc3ccc(C(C)=O)cc3)nn2)cc1. The van der Waals surface area contributed by atoms with Crippen LogP contribution < -0.4 is 10.6 Å². The van der Waals surface area contributed by atoms with Crippen LogP contribution >= 0.6 is 0 Å². The van der Waals surface area contributed by atoms with E-state index in [-0.39, 0.29) is 17.4 Å². The third-order valence-electron chi connectivity index (χ3n) is 4.08. The Balaban J connectivity index is 1.63. The molecule has 0 spiro atoms. The smallest absolute Gasteiger partial charge is 0.276 e. The summed E-state index contributed by atoms with van der Waals surface area (Å²) in [4.78, 5) is 23.6. The van der Waals surface area contributed by atoms with Gasteiger partial charge in [-0.15, -0.1) is 10.2 Å². The molecule has 3 rings (SSSR count). The summed E-state index contributed by atoms with van der Waals surface area (Å²) in [7, 11) is 0. The molecule has 1 aromatic heterocycles. The number of rotatable bonds is 6. The molecule has 1 amide bonds. The first kappa shape index (κ1) is 18.3. The quantitative estimate of drug-likeness (QED) is 0.643. The van der Waals surface area contributed by atoms with Crippen LogP contribution in [0.4, 0.5) is 17.2 Å². The molecule has 0 aliphatic heterocycles. The number of Topliss-reactive ketones (excluding diaryl/α,β-unsaturated/α-hetero) is 1. The second-order valence-corrected chi connectivity index (χ2v) is 6.07. The molecule has 136 valence electrons. The molecule has 2 N–H and O–H groups in total. The number of carbonyl (C=O) groups is 2. The Morgan fingerprint density at radius 1 is 0.852 bits per heavy atom. The van der Waals surface area contributed by atoms with E-state index in [2.05, 4.69) is 39.9 Å². The number of benzene rings is 2. The topological polar surface area (TPSA) is 84.0 Å². The van der Waals surface area contributed by atoms with E-state index in [1.807, 2.05) is 12.1 Å². The fraction of sp³-hybridized carbons (Fsp3) is 0.143. The molecule has 0 fully saturated rings. The highest BCUT2D eigenvalue weighted by Gasteiger charge is 2.09. The van der Waals surface area contributed by atoms with Gasteiger partial charge in [0.15, 0.2) is 17.3 Å². The molecular weight excluding hydrogens is 340 g/mol. The van der Waals surface area contributed by atoms with Gasteiger partial charge < -0.3 is 10.6 Å². The normalized spacial score (nSPS) is 10.3. The molecular formula is C21H20N4O2. The number of ketones is 1. The third kappa shape index (κ3) is 4.76. The number of aromatic nitrogens is 2. The van der Waals surface area contributed by atoms with E-state index in [0.717, 1.165) is 12.1 Å². The van der Waals surface area contributed by atoms with Crippen molar-refractivity contribution in [2.75, 3.05) is 10.6 Å². The van der Waals surface area contributed by atoms with Crippen LogP contribution in [0.25, 0.3) is 0 Å². The van der Waals surface area contributed by atoms with Crippen LogP contribution in [0.3, 0.4) is 0 Å². The minimum Gasteiger partial charge on any atom is -0.339 e. The number of aryl methyl sites for hydroxylation is 1. The number of anilines is 3. The molecule has 6 heteroatoms. The molecule has 0 aliphatic carbocycles. The number of nitrogens with one attached hydrogen (secondary N) is 2. The summed E-state index contributed by atoms with van der Waals surface area (Å²) in [5, 5.41) is 13.9. The minimum atomic E-state index is -0.364. The van der Waals surface area contributed by atoms with Crippen molar-refractivity contribution < 1.29 is 9.59 Å². The first-order valence-corrected chi connectivity index (χ1v) is 8.67. The maximum Gasteiger partial charge on any atom is 0.276 e. The van der Waals surface area contributed by atoms with Gasteiger partial charge in [-0.1, -0.05) is 19.1 Å². The summed E-state index contributed by atoms with van der Waals surface area (Å²) in [5.74, 6) is 0.171. The molecule has 3 aromatic rings. The van der Waals surface area contributed by atoms with Crippen molar-refractivity contribution in [3.8, 4) is 0 Å². The maximum atomic E-state index is 12.3. The van der Waals surface area contributed by atoms with Gasteiger partial charge in [-0.2, -0.15) is 0 Å². The lowest BCUT2D eigenvalue weighted by atomic mass is 10.1. The molecule has 27 heavy (non-hydrogen) atoms. The van der Waals surface area contributed by atoms with Crippen LogP contribution in [-0.4, -0.2) is 21.9 Å². The Hall–Kier alpha value is -3.54. The average molecular weight is 360 g/mol. The maximum absolute atomic E-state index is 12.3. The Morgan fingerprint density at radius 3 is 2.07 bits per heavy atom. The van der Waals surface area contributed by atoms with E-state index in [1.54, 1.807) is 36.4 Å². The van der Waals surface area contributed by atoms with Gasteiger partial charge in [-0.3, -0.25) is 9.59 Å². The summed E-state index contributed by atoms with van der Waals surface area (Å²) in [6, 6.07) is 18.1. The van der Waals surface area contributed by atoms with Crippen molar-refractivity contribution in [1.82, 2.24) is 10.2 Å². The van der Waals surface area contributed by atoms with E-state index in [9.17, 15) is 9.59 Å². The zero-order chi connectivity index (χ0) is 19.2. The van der Waals surface area contributed by atoms with Gasteiger partial charge in [0.05, 0.1) is 0 Å². The van der Waals surface area contributed by atoms with Crippen LogP contribution in [0.5, 0.6) is 0 Å². The standard InChI is InChI=1S/C21H20N4O2/c1-3-15-4-8-17(9-5-15)22-20-13-12-19(24-25-20)21(27)23-18-10-6-16(7-11-18)14(2)26/h4-13H,3H2,1-2H3,(H,22,25)(H,23,27). The molecule has 0 saturated heterocycles. The highest BCUT2D eigenvalue weighted by Crippen LogP contribution is 2.16. The summed E-state index contributed by atoms with van der Waals surface area (Å²) < 4.78 is 0.